The lowest BCUT2D eigenvalue weighted by molar-refractivity contribution is 0.905. The topological polar surface area (TPSA) is 88.9 Å². The predicted molar refractivity (Wildman–Crippen MR) is 114 cm³/mol. The quantitative estimate of drug-likeness (QED) is 0.438. The van der Waals surface area contributed by atoms with Crippen molar-refractivity contribution in [3.8, 4) is 22.9 Å². The van der Waals surface area contributed by atoms with E-state index in [0.29, 0.717) is 27.4 Å². The van der Waals surface area contributed by atoms with Crippen molar-refractivity contribution < 1.29 is 0 Å². The number of pyridine rings is 1. The first-order valence-electron chi connectivity index (χ1n) is 9.11. The minimum absolute atomic E-state index is 0.165. The lowest BCUT2D eigenvalue weighted by Crippen LogP contribution is -2.21. The average molecular weight is 413 g/mol. The molecule has 0 atom stereocenters. The minimum atomic E-state index is -0.373. The smallest absolute Gasteiger partial charge is 0.281 e. The third-order valence-electron chi connectivity index (χ3n) is 4.95. The van der Waals surface area contributed by atoms with Crippen LogP contribution in [0, 0.1) is 18.3 Å². The summed E-state index contributed by atoms with van der Waals surface area (Å²) in [6.07, 6.45) is 1.62. The van der Waals surface area contributed by atoms with Crippen LogP contribution in [-0.2, 0) is 0 Å². The Labute approximate surface area is 175 Å². The molecule has 0 amide bonds. The maximum absolute atomic E-state index is 13.1. The van der Waals surface area contributed by atoms with Crippen LogP contribution >= 0.6 is 11.6 Å². The lowest BCUT2D eigenvalue weighted by atomic mass is 10.1. The Morgan fingerprint density at radius 3 is 2.70 bits per heavy atom. The molecule has 3 heterocycles. The van der Waals surface area contributed by atoms with Crippen molar-refractivity contribution in [3.63, 3.8) is 0 Å². The number of hydrogen-bond donors (Lipinski definition) is 0. The number of fused-ring (bicyclic) bond motifs is 3. The van der Waals surface area contributed by atoms with Gasteiger partial charge in [-0.2, -0.15) is 10.4 Å². The van der Waals surface area contributed by atoms with E-state index in [1.54, 1.807) is 47.1 Å². The molecule has 3 aromatic heterocycles. The highest BCUT2D eigenvalue weighted by atomic mass is 35.5. The van der Waals surface area contributed by atoms with Gasteiger partial charge in [0.25, 0.3) is 5.56 Å². The number of hydrogen-bond acceptors (Lipinski definition) is 5. The van der Waals surface area contributed by atoms with Crippen LogP contribution in [0.3, 0.4) is 0 Å². The van der Waals surface area contributed by atoms with Gasteiger partial charge in [0, 0.05) is 11.2 Å². The SMILES string of the molecule is Cc1nn2c(nnc3c(=O)n(-c4ccccc4C#N)ccc32)c1-c1cccc(Cl)c1. The van der Waals surface area contributed by atoms with Crippen molar-refractivity contribution in [2.45, 2.75) is 6.92 Å². The molecule has 0 radical (unpaired) electrons. The maximum atomic E-state index is 13.1. The summed E-state index contributed by atoms with van der Waals surface area (Å²) in [6, 6.07) is 18.2. The molecule has 2 aromatic carbocycles. The van der Waals surface area contributed by atoms with E-state index in [-0.39, 0.29) is 11.1 Å². The van der Waals surface area contributed by atoms with Crippen LogP contribution < -0.4 is 5.56 Å². The summed E-state index contributed by atoms with van der Waals surface area (Å²) in [5.41, 5.74) is 4.18. The monoisotopic (exact) mass is 412 g/mol. The third kappa shape index (κ3) is 2.66. The number of benzene rings is 2. The number of nitrogens with zero attached hydrogens (tertiary/aromatic N) is 6. The molecule has 7 nitrogen and oxygen atoms in total. The number of aryl methyl sites for hydroxylation is 1. The van der Waals surface area contributed by atoms with Gasteiger partial charge in [0.2, 0.25) is 0 Å². The zero-order chi connectivity index (χ0) is 20.8. The van der Waals surface area contributed by atoms with Crippen molar-refractivity contribution >= 4 is 28.3 Å². The predicted octanol–water partition coefficient (Wildman–Crippen LogP) is 3.93. The summed E-state index contributed by atoms with van der Waals surface area (Å²) >= 11 is 6.15. The fourth-order valence-electron chi connectivity index (χ4n) is 3.60. The van der Waals surface area contributed by atoms with Gasteiger partial charge in [-0.15, -0.1) is 10.2 Å². The van der Waals surface area contributed by atoms with Gasteiger partial charge in [0.15, 0.2) is 11.2 Å². The maximum Gasteiger partial charge on any atom is 0.285 e. The van der Waals surface area contributed by atoms with E-state index in [1.165, 1.54) is 4.57 Å². The van der Waals surface area contributed by atoms with Crippen molar-refractivity contribution in [1.82, 2.24) is 24.4 Å². The minimum Gasteiger partial charge on any atom is -0.281 e. The molecule has 0 N–H and O–H groups in total. The molecule has 0 aliphatic carbocycles. The van der Waals surface area contributed by atoms with Crippen LogP contribution in [0.15, 0.2) is 65.6 Å². The van der Waals surface area contributed by atoms with Crippen molar-refractivity contribution in [2.24, 2.45) is 0 Å². The second kappa shape index (κ2) is 6.79. The summed E-state index contributed by atoms with van der Waals surface area (Å²) in [4.78, 5) is 13.1. The largest absolute Gasteiger partial charge is 0.285 e. The van der Waals surface area contributed by atoms with Crippen LogP contribution in [0.5, 0.6) is 0 Å². The Morgan fingerprint density at radius 1 is 1.07 bits per heavy atom. The van der Waals surface area contributed by atoms with E-state index >= 15 is 0 Å². The highest BCUT2D eigenvalue weighted by Gasteiger charge is 2.18. The van der Waals surface area contributed by atoms with Crippen LogP contribution in [0.25, 0.3) is 33.5 Å². The first kappa shape index (κ1) is 18.0. The molecule has 30 heavy (non-hydrogen) atoms. The molecule has 8 heteroatoms. The second-order valence-corrected chi connectivity index (χ2v) is 7.20. The van der Waals surface area contributed by atoms with Crippen LogP contribution in [0.4, 0.5) is 0 Å². The van der Waals surface area contributed by atoms with Crippen molar-refractivity contribution in [3.05, 3.63) is 87.4 Å². The van der Waals surface area contributed by atoms with Crippen molar-refractivity contribution in [1.29, 1.82) is 5.26 Å². The molecule has 0 saturated carbocycles. The van der Waals surface area contributed by atoms with Gasteiger partial charge in [-0.1, -0.05) is 35.9 Å². The molecular formula is C22H13ClN6O. The molecule has 0 aliphatic heterocycles. The molecule has 0 unspecified atom stereocenters. The van der Waals surface area contributed by atoms with Crippen LogP contribution in [-0.4, -0.2) is 24.4 Å². The van der Waals surface area contributed by atoms with E-state index in [4.69, 9.17) is 11.6 Å². The third-order valence-corrected chi connectivity index (χ3v) is 5.19. The molecule has 5 aromatic rings. The Hall–Kier alpha value is -4.02. The van der Waals surface area contributed by atoms with E-state index in [0.717, 1.165) is 16.8 Å². The number of halogens is 1. The van der Waals surface area contributed by atoms with Gasteiger partial charge in [-0.3, -0.25) is 9.36 Å². The highest BCUT2D eigenvalue weighted by Crippen LogP contribution is 2.29. The molecule has 0 fully saturated rings. The van der Waals surface area contributed by atoms with Gasteiger partial charge in [-0.05, 0) is 42.8 Å². The fraction of sp³-hybridized carbons (Fsp3) is 0.0455. The number of para-hydroxylation sites is 1. The second-order valence-electron chi connectivity index (χ2n) is 6.76. The van der Waals surface area contributed by atoms with E-state index in [9.17, 15) is 10.1 Å². The van der Waals surface area contributed by atoms with Gasteiger partial charge >= 0.3 is 0 Å². The normalized spacial score (nSPS) is 11.1. The summed E-state index contributed by atoms with van der Waals surface area (Å²) in [7, 11) is 0. The Bertz CT molecular complexity index is 1560. The van der Waals surface area contributed by atoms with Gasteiger partial charge in [-0.25, -0.2) is 4.52 Å². The Morgan fingerprint density at radius 2 is 1.90 bits per heavy atom. The van der Waals surface area contributed by atoms with E-state index in [2.05, 4.69) is 21.4 Å². The molecule has 144 valence electrons. The zero-order valence-corrected chi connectivity index (χ0v) is 16.5. The summed E-state index contributed by atoms with van der Waals surface area (Å²) < 4.78 is 3.02. The Balaban J connectivity index is 1.79. The van der Waals surface area contributed by atoms with E-state index < -0.39 is 0 Å². The zero-order valence-electron chi connectivity index (χ0n) is 15.7. The van der Waals surface area contributed by atoms with Gasteiger partial charge < -0.3 is 0 Å². The first-order chi connectivity index (χ1) is 14.6. The lowest BCUT2D eigenvalue weighted by Gasteiger charge is -2.08. The summed E-state index contributed by atoms with van der Waals surface area (Å²) in [6.45, 7) is 1.88. The standard InChI is InChI=1S/C22H13ClN6O/c1-13-19(14-6-4-7-16(23)11-14)21-26-25-20-18(29(21)27-13)9-10-28(22(20)30)17-8-3-2-5-15(17)12-24/h2-11H,1H3. The van der Waals surface area contributed by atoms with Crippen molar-refractivity contribution in [2.75, 3.05) is 0 Å². The van der Waals surface area contributed by atoms with Gasteiger partial charge in [0.05, 0.1) is 22.5 Å². The highest BCUT2D eigenvalue weighted by molar-refractivity contribution is 6.30. The average Bonchev–Trinajstić information content (AvgIpc) is 3.10. The fourth-order valence-corrected chi connectivity index (χ4v) is 3.79. The van der Waals surface area contributed by atoms with Crippen LogP contribution in [0.1, 0.15) is 11.3 Å². The number of nitriles is 1. The number of aromatic nitrogens is 5. The molecule has 0 bridgehead atoms. The van der Waals surface area contributed by atoms with Gasteiger partial charge in [0.1, 0.15) is 11.6 Å². The molecule has 5 rings (SSSR count). The molecular weight excluding hydrogens is 400 g/mol. The van der Waals surface area contributed by atoms with E-state index in [1.807, 2.05) is 25.1 Å². The molecule has 0 spiro atoms. The first-order valence-corrected chi connectivity index (χ1v) is 9.49. The summed E-state index contributed by atoms with van der Waals surface area (Å²) in [5.74, 6) is 0. The Kier molecular flexibility index (Phi) is 4.09. The molecule has 0 saturated heterocycles. The van der Waals surface area contributed by atoms with Crippen LogP contribution in [0.2, 0.25) is 5.02 Å². The number of rotatable bonds is 2. The molecule has 0 aliphatic rings. The summed E-state index contributed by atoms with van der Waals surface area (Å²) in [5, 5.41) is 23.1.